The van der Waals surface area contributed by atoms with Crippen LogP contribution in [0.25, 0.3) is 5.82 Å². The number of aromatic nitrogens is 4. The highest BCUT2D eigenvalue weighted by Crippen LogP contribution is 2.23. The van der Waals surface area contributed by atoms with Gasteiger partial charge >= 0.3 is 0 Å². The SMILES string of the molecule is Cc1cc(C)cc(NC(=O)CCc2c(C)nn(-c3cc(N4CCCC4)ncn3)c2C)c1. The van der Waals surface area contributed by atoms with E-state index in [1.54, 1.807) is 6.33 Å². The van der Waals surface area contributed by atoms with Crippen molar-refractivity contribution in [1.29, 1.82) is 0 Å². The molecule has 1 aromatic carbocycles. The molecule has 3 heterocycles. The quantitative estimate of drug-likeness (QED) is 0.653. The van der Waals surface area contributed by atoms with Gasteiger partial charge < -0.3 is 10.2 Å². The number of nitrogens with zero attached hydrogens (tertiary/aromatic N) is 5. The van der Waals surface area contributed by atoms with Gasteiger partial charge in [0.2, 0.25) is 5.91 Å². The van der Waals surface area contributed by atoms with E-state index in [4.69, 9.17) is 5.10 Å². The molecule has 1 aliphatic heterocycles. The maximum Gasteiger partial charge on any atom is 0.224 e. The molecule has 3 aromatic rings. The summed E-state index contributed by atoms with van der Waals surface area (Å²) in [5.74, 6) is 1.72. The first-order chi connectivity index (χ1) is 14.9. The van der Waals surface area contributed by atoms with Crippen molar-refractivity contribution in [2.24, 2.45) is 0 Å². The summed E-state index contributed by atoms with van der Waals surface area (Å²) in [5.41, 5.74) is 6.17. The summed E-state index contributed by atoms with van der Waals surface area (Å²) >= 11 is 0. The fourth-order valence-electron chi connectivity index (χ4n) is 4.34. The van der Waals surface area contributed by atoms with Crippen molar-refractivity contribution in [2.45, 2.75) is 53.4 Å². The molecule has 0 radical (unpaired) electrons. The average Bonchev–Trinajstić information content (AvgIpc) is 3.35. The van der Waals surface area contributed by atoms with Gasteiger partial charge in [0.15, 0.2) is 5.82 Å². The minimum Gasteiger partial charge on any atom is -0.356 e. The molecule has 0 unspecified atom stereocenters. The van der Waals surface area contributed by atoms with Gasteiger partial charge in [-0.15, -0.1) is 0 Å². The Morgan fingerprint density at radius 1 is 0.968 bits per heavy atom. The number of carbonyl (C=O) groups excluding carboxylic acids is 1. The Balaban J connectivity index is 1.47. The molecular formula is C24H30N6O. The van der Waals surface area contributed by atoms with Crippen LogP contribution in [0, 0.1) is 27.7 Å². The summed E-state index contributed by atoms with van der Waals surface area (Å²) in [6, 6.07) is 8.08. The molecule has 0 spiro atoms. The van der Waals surface area contributed by atoms with Gasteiger partial charge in [-0.25, -0.2) is 14.6 Å². The molecule has 7 nitrogen and oxygen atoms in total. The predicted molar refractivity (Wildman–Crippen MR) is 123 cm³/mol. The molecule has 1 fully saturated rings. The Kier molecular flexibility index (Phi) is 6.02. The van der Waals surface area contributed by atoms with Crippen LogP contribution < -0.4 is 10.2 Å². The van der Waals surface area contributed by atoms with Gasteiger partial charge in [-0.2, -0.15) is 5.10 Å². The summed E-state index contributed by atoms with van der Waals surface area (Å²) in [4.78, 5) is 23.7. The third-order valence-corrected chi connectivity index (χ3v) is 5.83. The van der Waals surface area contributed by atoms with Gasteiger partial charge in [-0.05, 0) is 75.8 Å². The number of hydrogen-bond donors (Lipinski definition) is 1. The highest BCUT2D eigenvalue weighted by atomic mass is 16.1. The van der Waals surface area contributed by atoms with E-state index in [2.05, 4.69) is 26.3 Å². The third kappa shape index (κ3) is 4.76. The van der Waals surface area contributed by atoms with Crippen molar-refractivity contribution in [3.8, 4) is 5.82 Å². The molecule has 2 aromatic heterocycles. The normalized spacial score (nSPS) is 13.6. The molecule has 4 rings (SSSR count). The van der Waals surface area contributed by atoms with E-state index in [0.29, 0.717) is 12.8 Å². The van der Waals surface area contributed by atoms with Crippen LogP contribution in [0.5, 0.6) is 0 Å². The van der Waals surface area contributed by atoms with Gasteiger partial charge in [0.1, 0.15) is 12.1 Å². The number of benzene rings is 1. The largest absolute Gasteiger partial charge is 0.356 e. The Morgan fingerprint density at radius 2 is 1.65 bits per heavy atom. The van der Waals surface area contributed by atoms with Crippen molar-refractivity contribution < 1.29 is 4.79 Å². The number of carbonyl (C=O) groups is 1. The third-order valence-electron chi connectivity index (χ3n) is 5.83. The summed E-state index contributed by atoms with van der Waals surface area (Å²) in [6.45, 7) is 10.2. The fourth-order valence-corrected chi connectivity index (χ4v) is 4.34. The minimum atomic E-state index is 0.00917. The molecule has 7 heteroatoms. The average molecular weight is 419 g/mol. The lowest BCUT2D eigenvalue weighted by Gasteiger charge is -2.16. The van der Waals surface area contributed by atoms with Crippen LogP contribution in [-0.2, 0) is 11.2 Å². The maximum absolute atomic E-state index is 12.5. The van der Waals surface area contributed by atoms with Crippen molar-refractivity contribution >= 4 is 17.4 Å². The molecule has 0 bridgehead atoms. The van der Waals surface area contributed by atoms with Crippen molar-refractivity contribution in [2.75, 3.05) is 23.3 Å². The van der Waals surface area contributed by atoms with Gasteiger partial charge in [0, 0.05) is 37.0 Å². The van der Waals surface area contributed by atoms with E-state index < -0.39 is 0 Å². The highest BCUT2D eigenvalue weighted by Gasteiger charge is 2.18. The van der Waals surface area contributed by atoms with E-state index in [0.717, 1.165) is 58.5 Å². The van der Waals surface area contributed by atoms with Gasteiger partial charge in [-0.3, -0.25) is 4.79 Å². The Labute approximate surface area is 183 Å². The Morgan fingerprint density at radius 3 is 2.35 bits per heavy atom. The number of hydrogen-bond acceptors (Lipinski definition) is 5. The van der Waals surface area contributed by atoms with Crippen LogP contribution in [0.1, 0.15) is 47.3 Å². The fraction of sp³-hybridized carbons (Fsp3) is 0.417. The van der Waals surface area contributed by atoms with E-state index >= 15 is 0 Å². The van der Waals surface area contributed by atoms with Crippen LogP contribution in [0.4, 0.5) is 11.5 Å². The van der Waals surface area contributed by atoms with Gasteiger partial charge in [0.25, 0.3) is 0 Å². The topological polar surface area (TPSA) is 75.9 Å². The lowest BCUT2D eigenvalue weighted by atomic mass is 10.1. The van der Waals surface area contributed by atoms with E-state index in [-0.39, 0.29) is 5.91 Å². The first-order valence-corrected chi connectivity index (χ1v) is 10.9. The second-order valence-electron chi connectivity index (χ2n) is 8.41. The predicted octanol–water partition coefficient (Wildman–Crippen LogP) is 4.07. The van der Waals surface area contributed by atoms with Gasteiger partial charge in [-0.1, -0.05) is 6.07 Å². The number of rotatable bonds is 6. The van der Waals surface area contributed by atoms with Crippen LogP contribution in [0.2, 0.25) is 0 Å². The molecule has 162 valence electrons. The summed E-state index contributed by atoms with van der Waals surface area (Å²) in [6.07, 6.45) is 5.05. The van der Waals surface area contributed by atoms with Gasteiger partial charge in [0.05, 0.1) is 5.69 Å². The first kappa shape index (κ1) is 21.0. The summed E-state index contributed by atoms with van der Waals surface area (Å²) < 4.78 is 1.87. The molecule has 1 N–H and O–H groups in total. The summed E-state index contributed by atoms with van der Waals surface area (Å²) in [7, 11) is 0. The number of amides is 1. The van der Waals surface area contributed by atoms with Crippen molar-refractivity contribution in [1.82, 2.24) is 19.7 Å². The van der Waals surface area contributed by atoms with Crippen molar-refractivity contribution in [3.63, 3.8) is 0 Å². The highest BCUT2D eigenvalue weighted by molar-refractivity contribution is 5.91. The Hall–Kier alpha value is -3.22. The van der Waals surface area contributed by atoms with Crippen molar-refractivity contribution in [3.05, 3.63) is 58.7 Å². The standard InChI is InChI=1S/C24H30N6O/c1-16-11-17(2)13-20(12-16)27-24(31)8-7-21-18(3)28-30(19(21)4)23-14-22(25-15-26-23)29-9-5-6-10-29/h11-15H,5-10H2,1-4H3,(H,27,31). The van der Waals surface area contributed by atoms with Crippen LogP contribution >= 0.6 is 0 Å². The lowest BCUT2D eigenvalue weighted by molar-refractivity contribution is -0.116. The number of nitrogens with one attached hydrogen (secondary N) is 1. The minimum absolute atomic E-state index is 0.00917. The lowest BCUT2D eigenvalue weighted by Crippen LogP contribution is -2.19. The van der Waals surface area contributed by atoms with E-state index in [9.17, 15) is 4.79 Å². The zero-order valence-corrected chi connectivity index (χ0v) is 18.8. The van der Waals surface area contributed by atoms with E-state index in [1.807, 2.05) is 50.6 Å². The molecular weight excluding hydrogens is 388 g/mol. The zero-order chi connectivity index (χ0) is 22.0. The molecule has 1 saturated heterocycles. The molecule has 0 aliphatic carbocycles. The molecule has 1 amide bonds. The molecule has 0 saturated carbocycles. The smallest absolute Gasteiger partial charge is 0.224 e. The summed E-state index contributed by atoms with van der Waals surface area (Å²) in [5, 5.41) is 7.73. The molecule has 31 heavy (non-hydrogen) atoms. The second kappa shape index (κ2) is 8.88. The Bertz CT molecular complexity index is 1080. The van der Waals surface area contributed by atoms with Crippen LogP contribution in [0.15, 0.2) is 30.6 Å². The molecule has 1 aliphatic rings. The number of aryl methyl sites for hydroxylation is 3. The number of anilines is 2. The first-order valence-electron chi connectivity index (χ1n) is 10.9. The van der Waals surface area contributed by atoms with E-state index in [1.165, 1.54) is 12.8 Å². The monoisotopic (exact) mass is 418 g/mol. The zero-order valence-electron chi connectivity index (χ0n) is 18.8. The van der Waals surface area contributed by atoms with Crippen LogP contribution in [0.3, 0.4) is 0 Å². The maximum atomic E-state index is 12.5. The second-order valence-corrected chi connectivity index (χ2v) is 8.41. The molecule has 0 atom stereocenters. The van der Waals surface area contributed by atoms with Crippen LogP contribution in [-0.4, -0.2) is 38.7 Å².